The Labute approximate surface area is 160 Å². The molecule has 0 bridgehead atoms. The summed E-state index contributed by atoms with van der Waals surface area (Å²) in [5.41, 5.74) is 2.03. The van der Waals surface area contributed by atoms with Gasteiger partial charge in [0, 0.05) is 31.3 Å². The highest BCUT2D eigenvalue weighted by Crippen LogP contribution is 2.27. The van der Waals surface area contributed by atoms with Crippen molar-refractivity contribution in [1.82, 2.24) is 19.9 Å². The van der Waals surface area contributed by atoms with Crippen LogP contribution in [0.3, 0.4) is 0 Å². The van der Waals surface area contributed by atoms with Crippen LogP contribution >= 0.6 is 0 Å². The van der Waals surface area contributed by atoms with E-state index in [9.17, 15) is 5.11 Å². The van der Waals surface area contributed by atoms with Gasteiger partial charge in [-0.15, -0.1) is 0 Å². The second kappa shape index (κ2) is 8.02. The van der Waals surface area contributed by atoms with Crippen LogP contribution in [0, 0.1) is 5.92 Å². The van der Waals surface area contributed by atoms with E-state index in [2.05, 4.69) is 34.9 Å². The first-order valence-corrected chi connectivity index (χ1v) is 10.4. The van der Waals surface area contributed by atoms with Crippen LogP contribution in [0.4, 0.5) is 11.6 Å². The van der Waals surface area contributed by atoms with Crippen LogP contribution in [0.25, 0.3) is 5.65 Å². The third-order valence-electron chi connectivity index (χ3n) is 5.93. The minimum absolute atomic E-state index is 0.0171. The van der Waals surface area contributed by atoms with Crippen LogP contribution < -0.4 is 16.0 Å². The number of nitrogens with zero attached hydrogens (tertiary/aromatic N) is 3. The van der Waals surface area contributed by atoms with E-state index >= 15 is 0 Å². The predicted molar refractivity (Wildman–Crippen MR) is 108 cm³/mol. The first kappa shape index (κ1) is 18.5. The highest BCUT2D eigenvalue weighted by molar-refractivity contribution is 5.61. The second-order valence-electron chi connectivity index (χ2n) is 8.38. The summed E-state index contributed by atoms with van der Waals surface area (Å²) in [5, 5.41) is 25.0. The fraction of sp³-hybridized carbons (Fsp3) is 0.700. The maximum atomic E-state index is 10.1. The van der Waals surface area contributed by atoms with Gasteiger partial charge in [-0.3, -0.25) is 0 Å². The van der Waals surface area contributed by atoms with Crippen LogP contribution in [0.1, 0.15) is 57.4 Å². The van der Waals surface area contributed by atoms with Crippen molar-refractivity contribution in [3.63, 3.8) is 0 Å². The zero-order valence-electron chi connectivity index (χ0n) is 16.4. The fourth-order valence-corrected chi connectivity index (χ4v) is 4.23. The average molecular weight is 373 g/mol. The largest absolute Gasteiger partial charge is 0.390 e. The second-order valence-corrected chi connectivity index (χ2v) is 8.38. The molecule has 2 fully saturated rings. The molecule has 7 heteroatoms. The standard InChI is InChI=1S/C20H32N6O/c1-13(2)15-10-23-26-19(22-9-14-6-4-3-5-7-14)8-18(25-20(15)26)24-16-11-21-12-17(16)27/h8,10,13-14,16-17,21-22,27H,3-7,9,11-12H2,1-2H3,(H,24,25)/t16-,17+/m0/s1. The maximum absolute atomic E-state index is 10.1. The first-order chi connectivity index (χ1) is 13.1. The predicted octanol–water partition coefficient (Wildman–Crippen LogP) is 2.59. The van der Waals surface area contributed by atoms with Crippen LogP contribution in [0.15, 0.2) is 12.3 Å². The lowest BCUT2D eigenvalue weighted by atomic mass is 9.89. The van der Waals surface area contributed by atoms with E-state index in [4.69, 9.17) is 4.98 Å². The zero-order valence-corrected chi connectivity index (χ0v) is 16.4. The Kier molecular flexibility index (Phi) is 5.50. The van der Waals surface area contributed by atoms with E-state index < -0.39 is 6.10 Å². The first-order valence-electron chi connectivity index (χ1n) is 10.4. The number of anilines is 2. The number of hydrogen-bond acceptors (Lipinski definition) is 6. The van der Waals surface area contributed by atoms with Crippen LogP contribution in [0.5, 0.6) is 0 Å². The van der Waals surface area contributed by atoms with Crippen molar-refractivity contribution in [3.05, 3.63) is 17.8 Å². The number of rotatable bonds is 6. The molecular formula is C20H32N6O. The Morgan fingerprint density at radius 3 is 2.78 bits per heavy atom. The van der Waals surface area contributed by atoms with Gasteiger partial charge in [0.1, 0.15) is 11.6 Å². The van der Waals surface area contributed by atoms with Gasteiger partial charge in [-0.1, -0.05) is 33.1 Å². The Bertz CT molecular complexity index is 767. The Balaban J connectivity index is 1.60. The van der Waals surface area contributed by atoms with E-state index in [1.54, 1.807) is 0 Å². The number of aromatic nitrogens is 3. The molecule has 1 aliphatic heterocycles. The zero-order chi connectivity index (χ0) is 18.8. The van der Waals surface area contributed by atoms with Gasteiger partial charge in [-0.2, -0.15) is 9.61 Å². The Morgan fingerprint density at radius 1 is 1.26 bits per heavy atom. The Hall–Kier alpha value is -1.86. The molecule has 0 unspecified atom stereocenters. The summed E-state index contributed by atoms with van der Waals surface area (Å²) in [5.74, 6) is 2.86. The van der Waals surface area contributed by atoms with E-state index in [1.807, 2.05) is 16.8 Å². The molecule has 4 rings (SSSR count). The number of nitrogens with one attached hydrogen (secondary N) is 3. The van der Waals surface area contributed by atoms with Gasteiger partial charge in [0.05, 0.1) is 18.3 Å². The van der Waals surface area contributed by atoms with Gasteiger partial charge in [0.15, 0.2) is 5.65 Å². The van der Waals surface area contributed by atoms with E-state index in [1.165, 1.54) is 32.1 Å². The molecule has 0 spiro atoms. The minimum Gasteiger partial charge on any atom is -0.390 e. The molecule has 1 aliphatic carbocycles. The van der Waals surface area contributed by atoms with Crippen LogP contribution in [-0.2, 0) is 0 Å². The van der Waals surface area contributed by atoms with Crippen molar-refractivity contribution in [1.29, 1.82) is 0 Å². The van der Waals surface area contributed by atoms with Crippen molar-refractivity contribution in [2.75, 3.05) is 30.3 Å². The number of aliphatic hydroxyl groups excluding tert-OH is 1. The number of β-amino-alcohol motifs (C(OH)–C–C–N with tert-alkyl or cyclic N) is 1. The van der Waals surface area contributed by atoms with Crippen molar-refractivity contribution >= 4 is 17.3 Å². The van der Waals surface area contributed by atoms with Crippen LogP contribution in [-0.4, -0.2) is 51.5 Å². The molecule has 7 nitrogen and oxygen atoms in total. The van der Waals surface area contributed by atoms with Crippen molar-refractivity contribution < 1.29 is 5.11 Å². The highest BCUT2D eigenvalue weighted by Gasteiger charge is 2.25. The summed E-state index contributed by atoms with van der Waals surface area (Å²) in [6, 6.07) is 2.01. The Morgan fingerprint density at radius 2 is 2.07 bits per heavy atom. The lowest BCUT2D eigenvalue weighted by Crippen LogP contribution is -2.32. The summed E-state index contributed by atoms with van der Waals surface area (Å²) in [6.45, 7) is 6.67. The van der Waals surface area contributed by atoms with E-state index in [-0.39, 0.29) is 6.04 Å². The molecule has 2 aromatic heterocycles. The van der Waals surface area contributed by atoms with Crippen molar-refractivity contribution in [3.8, 4) is 0 Å². The average Bonchev–Trinajstić information content (AvgIpc) is 3.27. The molecule has 2 aromatic rings. The molecule has 1 saturated heterocycles. The monoisotopic (exact) mass is 372 g/mol. The summed E-state index contributed by atoms with van der Waals surface area (Å²) in [6.07, 6.45) is 8.21. The number of hydrogen-bond donors (Lipinski definition) is 4. The molecule has 0 amide bonds. The van der Waals surface area contributed by atoms with Crippen LogP contribution in [0.2, 0.25) is 0 Å². The lowest BCUT2D eigenvalue weighted by molar-refractivity contribution is 0.185. The van der Waals surface area contributed by atoms with E-state index in [0.29, 0.717) is 12.5 Å². The van der Waals surface area contributed by atoms with Gasteiger partial charge in [0.25, 0.3) is 0 Å². The molecule has 148 valence electrons. The molecule has 27 heavy (non-hydrogen) atoms. The van der Waals surface area contributed by atoms with Gasteiger partial charge in [-0.25, -0.2) is 4.98 Å². The smallest absolute Gasteiger partial charge is 0.163 e. The molecule has 2 aliphatic rings. The molecule has 3 heterocycles. The maximum Gasteiger partial charge on any atom is 0.163 e. The summed E-state index contributed by atoms with van der Waals surface area (Å²) in [4.78, 5) is 4.82. The molecule has 0 aromatic carbocycles. The van der Waals surface area contributed by atoms with Crippen molar-refractivity contribution in [2.24, 2.45) is 5.92 Å². The molecule has 0 radical (unpaired) electrons. The molecular weight excluding hydrogens is 340 g/mol. The lowest BCUT2D eigenvalue weighted by Gasteiger charge is -2.23. The quantitative estimate of drug-likeness (QED) is 0.624. The van der Waals surface area contributed by atoms with Gasteiger partial charge < -0.3 is 21.1 Å². The highest BCUT2D eigenvalue weighted by atomic mass is 16.3. The van der Waals surface area contributed by atoms with Crippen molar-refractivity contribution in [2.45, 2.75) is 64.0 Å². The summed E-state index contributed by atoms with van der Waals surface area (Å²) >= 11 is 0. The molecule has 2 atom stereocenters. The topological polar surface area (TPSA) is 86.5 Å². The van der Waals surface area contributed by atoms with Gasteiger partial charge in [-0.05, 0) is 24.7 Å². The normalized spacial score (nSPS) is 24.0. The van der Waals surface area contributed by atoms with Gasteiger partial charge >= 0.3 is 0 Å². The number of fused-ring (bicyclic) bond motifs is 1. The molecule has 4 N–H and O–H groups in total. The molecule has 1 saturated carbocycles. The SMILES string of the molecule is CC(C)c1cnn2c(NCC3CCCCC3)cc(N[C@H]3CNC[C@H]3O)nc12. The summed E-state index contributed by atoms with van der Waals surface area (Å²) in [7, 11) is 0. The fourth-order valence-electron chi connectivity index (χ4n) is 4.23. The van der Waals surface area contributed by atoms with E-state index in [0.717, 1.165) is 41.9 Å². The third kappa shape index (κ3) is 4.04. The number of aliphatic hydroxyl groups is 1. The minimum atomic E-state index is -0.392. The van der Waals surface area contributed by atoms with Gasteiger partial charge in [0.2, 0.25) is 0 Å². The summed E-state index contributed by atoms with van der Waals surface area (Å²) < 4.78 is 1.92. The third-order valence-corrected chi connectivity index (χ3v) is 5.93.